The molecule has 0 atom stereocenters. The number of unbranched alkanes of at least 4 members (excludes halogenated alkanes) is 5. The number of phenols is 1. The molecule has 0 spiro atoms. The summed E-state index contributed by atoms with van der Waals surface area (Å²) >= 11 is 0. The third-order valence-electron chi connectivity index (χ3n) is 3.34. The molecular formula is C16H25NO2. The fourth-order valence-corrected chi connectivity index (χ4v) is 2.07. The van der Waals surface area contributed by atoms with Crippen LogP contribution in [0.3, 0.4) is 0 Å². The second-order valence-electron chi connectivity index (χ2n) is 4.99. The van der Waals surface area contributed by atoms with Gasteiger partial charge in [-0.05, 0) is 18.6 Å². The Bertz CT molecular complexity index is 390. The highest BCUT2D eigenvalue weighted by molar-refractivity contribution is 5.92. The normalized spacial score (nSPS) is 10.4. The molecule has 3 heteroatoms. The molecular weight excluding hydrogens is 238 g/mol. The predicted octanol–water partition coefficient (Wildman–Crippen LogP) is 4.11. The first kappa shape index (κ1) is 15.5. The molecule has 1 rings (SSSR count). The molecule has 0 saturated heterocycles. The van der Waals surface area contributed by atoms with Gasteiger partial charge in [-0.15, -0.1) is 0 Å². The number of aromatic hydroxyl groups is 1. The standard InChI is InChI=1S/C16H25NO2/c1-3-4-5-6-7-8-12-16(19)17(2)14-10-9-11-15(18)13-14/h9-11,13,18H,3-8,12H2,1-2H3. The van der Waals surface area contributed by atoms with Gasteiger partial charge in [-0.1, -0.05) is 45.1 Å². The van der Waals surface area contributed by atoms with Gasteiger partial charge in [0.05, 0.1) is 0 Å². The SMILES string of the molecule is CCCCCCCCC(=O)N(C)c1cccc(O)c1. The Morgan fingerprint density at radius 3 is 2.53 bits per heavy atom. The Labute approximate surface area is 116 Å². The van der Waals surface area contributed by atoms with Crippen molar-refractivity contribution >= 4 is 11.6 Å². The van der Waals surface area contributed by atoms with Crippen LogP contribution in [0.5, 0.6) is 5.75 Å². The largest absolute Gasteiger partial charge is 0.508 e. The summed E-state index contributed by atoms with van der Waals surface area (Å²) in [5, 5.41) is 9.40. The number of carbonyl (C=O) groups excluding carboxylic acids is 1. The van der Waals surface area contributed by atoms with Crippen molar-refractivity contribution in [3.05, 3.63) is 24.3 Å². The lowest BCUT2D eigenvalue weighted by Crippen LogP contribution is -2.25. The Balaban J connectivity index is 2.29. The summed E-state index contributed by atoms with van der Waals surface area (Å²) in [6.07, 6.45) is 7.68. The Hall–Kier alpha value is -1.51. The summed E-state index contributed by atoms with van der Waals surface area (Å²) in [7, 11) is 1.76. The van der Waals surface area contributed by atoms with Crippen LogP contribution >= 0.6 is 0 Å². The lowest BCUT2D eigenvalue weighted by Gasteiger charge is -2.17. The third kappa shape index (κ3) is 5.77. The van der Waals surface area contributed by atoms with Gasteiger partial charge in [0.1, 0.15) is 5.75 Å². The van der Waals surface area contributed by atoms with E-state index in [-0.39, 0.29) is 11.7 Å². The molecule has 0 heterocycles. The Kier molecular flexibility index (Phi) is 7.01. The van der Waals surface area contributed by atoms with Crippen molar-refractivity contribution in [2.75, 3.05) is 11.9 Å². The van der Waals surface area contributed by atoms with Gasteiger partial charge in [0.25, 0.3) is 0 Å². The zero-order chi connectivity index (χ0) is 14.1. The van der Waals surface area contributed by atoms with E-state index < -0.39 is 0 Å². The van der Waals surface area contributed by atoms with E-state index in [0.29, 0.717) is 6.42 Å². The van der Waals surface area contributed by atoms with Gasteiger partial charge >= 0.3 is 0 Å². The average molecular weight is 263 g/mol. The highest BCUT2D eigenvalue weighted by atomic mass is 16.3. The van der Waals surface area contributed by atoms with Gasteiger partial charge < -0.3 is 10.0 Å². The molecule has 0 aliphatic heterocycles. The van der Waals surface area contributed by atoms with Crippen molar-refractivity contribution in [2.24, 2.45) is 0 Å². The number of rotatable bonds is 8. The zero-order valence-corrected chi connectivity index (χ0v) is 12.1. The van der Waals surface area contributed by atoms with Gasteiger partial charge in [-0.2, -0.15) is 0 Å². The van der Waals surface area contributed by atoms with E-state index in [2.05, 4.69) is 6.92 Å². The first-order chi connectivity index (χ1) is 9.15. The predicted molar refractivity (Wildman–Crippen MR) is 79.5 cm³/mol. The van der Waals surface area contributed by atoms with Crippen LogP contribution in [0, 0.1) is 0 Å². The molecule has 0 saturated carbocycles. The number of anilines is 1. The minimum atomic E-state index is 0.112. The summed E-state index contributed by atoms with van der Waals surface area (Å²) in [4.78, 5) is 13.6. The molecule has 0 aliphatic carbocycles. The molecule has 0 unspecified atom stereocenters. The van der Waals surface area contributed by atoms with E-state index >= 15 is 0 Å². The number of benzene rings is 1. The first-order valence-electron chi connectivity index (χ1n) is 7.20. The van der Waals surface area contributed by atoms with Gasteiger partial charge in [-0.3, -0.25) is 4.79 Å². The van der Waals surface area contributed by atoms with E-state index in [1.165, 1.54) is 25.7 Å². The molecule has 0 fully saturated rings. The number of nitrogens with zero attached hydrogens (tertiary/aromatic N) is 1. The topological polar surface area (TPSA) is 40.5 Å². The smallest absolute Gasteiger partial charge is 0.226 e. The molecule has 0 aromatic heterocycles. The molecule has 0 bridgehead atoms. The summed E-state index contributed by atoms with van der Waals surface area (Å²) in [6.45, 7) is 2.20. The summed E-state index contributed by atoms with van der Waals surface area (Å²) < 4.78 is 0. The van der Waals surface area contributed by atoms with Gasteiger partial charge in [0, 0.05) is 25.2 Å². The van der Waals surface area contributed by atoms with Crippen LogP contribution in [-0.2, 0) is 4.79 Å². The van der Waals surface area contributed by atoms with Crippen molar-refractivity contribution in [1.82, 2.24) is 0 Å². The molecule has 19 heavy (non-hydrogen) atoms. The quantitative estimate of drug-likeness (QED) is 0.717. The fourth-order valence-electron chi connectivity index (χ4n) is 2.07. The molecule has 0 aliphatic rings. The third-order valence-corrected chi connectivity index (χ3v) is 3.34. The first-order valence-corrected chi connectivity index (χ1v) is 7.20. The van der Waals surface area contributed by atoms with E-state index in [9.17, 15) is 9.90 Å². The molecule has 106 valence electrons. The maximum atomic E-state index is 12.0. The molecule has 1 aromatic carbocycles. The van der Waals surface area contributed by atoms with E-state index in [1.807, 2.05) is 6.07 Å². The monoisotopic (exact) mass is 263 g/mol. The van der Waals surface area contributed by atoms with E-state index in [4.69, 9.17) is 0 Å². The summed E-state index contributed by atoms with van der Waals surface area (Å²) in [5.74, 6) is 0.304. The van der Waals surface area contributed by atoms with E-state index in [0.717, 1.165) is 18.5 Å². The second-order valence-corrected chi connectivity index (χ2v) is 4.99. The zero-order valence-electron chi connectivity index (χ0n) is 12.1. The van der Waals surface area contributed by atoms with Crippen LogP contribution in [0.2, 0.25) is 0 Å². The van der Waals surface area contributed by atoms with Gasteiger partial charge in [0.15, 0.2) is 0 Å². The Morgan fingerprint density at radius 1 is 1.16 bits per heavy atom. The van der Waals surface area contributed by atoms with E-state index in [1.54, 1.807) is 30.1 Å². The minimum Gasteiger partial charge on any atom is -0.508 e. The van der Waals surface area contributed by atoms with Crippen LogP contribution in [-0.4, -0.2) is 18.1 Å². The highest BCUT2D eigenvalue weighted by Crippen LogP contribution is 2.20. The molecule has 1 amide bonds. The van der Waals surface area contributed by atoms with Crippen molar-refractivity contribution in [3.8, 4) is 5.75 Å². The lowest BCUT2D eigenvalue weighted by atomic mass is 10.1. The summed E-state index contributed by atoms with van der Waals surface area (Å²) in [6, 6.07) is 6.80. The average Bonchev–Trinajstić information content (AvgIpc) is 2.41. The summed E-state index contributed by atoms with van der Waals surface area (Å²) in [5.41, 5.74) is 0.746. The van der Waals surface area contributed by atoms with Gasteiger partial charge in [-0.25, -0.2) is 0 Å². The van der Waals surface area contributed by atoms with Gasteiger partial charge in [0.2, 0.25) is 5.91 Å². The van der Waals surface area contributed by atoms with Crippen LogP contribution < -0.4 is 4.90 Å². The second kappa shape index (κ2) is 8.57. The molecule has 0 radical (unpaired) electrons. The van der Waals surface area contributed by atoms with Crippen LogP contribution in [0.25, 0.3) is 0 Å². The number of amides is 1. The highest BCUT2D eigenvalue weighted by Gasteiger charge is 2.10. The number of carbonyl (C=O) groups is 1. The van der Waals surface area contributed by atoms with Crippen LogP contribution in [0.1, 0.15) is 51.9 Å². The molecule has 1 N–H and O–H groups in total. The number of hydrogen-bond acceptors (Lipinski definition) is 2. The van der Waals surface area contributed by atoms with Crippen molar-refractivity contribution in [2.45, 2.75) is 51.9 Å². The lowest BCUT2D eigenvalue weighted by molar-refractivity contribution is -0.118. The number of phenolic OH excluding ortho intramolecular Hbond substituents is 1. The van der Waals surface area contributed by atoms with Crippen molar-refractivity contribution in [3.63, 3.8) is 0 Å². The Morgan fingerprint density at radius 2 is 1.84 bits per heavy atom. The maximum Gasteiger partial charge on any atom is 0.226 e. The van der Waals surface area contributed by atoms with Crippen LogP contribution in [0.4, 0.5) is 5.69 Å². The fraction of sp³-hybridized carbons (Fsp3) is 0.562. The maximum absolute atomic E-state index is 12.0. The molecule has 3 nitrogen and oxygen atoms in total. The molecule has 1 aromatic rings. The minimum absolute atomic E-state index is 0.112. The number of hydrogen-bond donors (Lipinski definition) is 1. The van der Waals surface area contributed by atoms with Crippen LogP contribution in [0.15, 0.2) is 24.3 Å². The van der Waals surface area contributed by atoms with Crippen molar-refractivity contribution < 1.29 is 9.90 Å². The van der Waals surface area contributed by atoms with Crippen molar-refractivity contribution in [1.29, 1.82) is 0 Å².